The van der Waals surface area contributed by atoms with E-state index in [4.69, 9.17) is 0 Å². The number of carbonyl (C=O) groups excluding carboxylic acids is 1. The van der Waals surface area contributed by atoms with Crippen molar-refractivity contribution in [3.8, 4) is 6.07 Å². The van der Waals surface area contributed by atoms with Gasteiger partial charge >= 0.3 is 0 Å². The second-order valence-corrected chi connectivity index (χ2v) is 10.3. The molecule has 2 aromatic heterocycles. The molecule has 1 saturated heterocycles. The third-order valence-electron chi connectivity index (χ3n) is 5.79. The first-order valence-corrected chi connectivity index (χ1v) is 11.6. The molecule has 2 N–H and O–H groups in total. The van der Waals surface area contributed by atoms with Gasteiger partial charge in [0.15, 0.2) is 0 Å². The van der Waals surface area contributed by atoms with Crippen molar-refractivity contribution >= 4 is 32.5 Å². The molecule has 0 saturated carbocycles. The molecule has 1 aliphatic carbocycles. The lowest BCUT2D eigenvalue weighted by Gasteiger charge is -2.36. The predicted octanol–water partition coefficient (Wildman–Crippen LogP) is 1.37. The van der Waals surface area contributed by atoms with Crippen LogP contribution in [0.4, 0.5) is 5.00 Å². The second-order valence-electron chi connectivity index (χ2n) is 7.41. The van der Waals surface area contributed by atoms with Crippen LogP contribution < -0.4 is 10.0 Å². The number of hydrogen-bond donors (Lipinski definition) is 2. The molecule has 29 heavy (non-hydrogen) atoms. The minimum atomic E-state index is -3.84. The van der Waals surface area contributed by atoms with E-state index in [1.165, 1.54) is 18.4 Å². The standard InChI is InChI=1S/C18H22N6O3S2/c1-10-13(9-20-23(10)2)14-7-15(24(3)29(26,27)22-14)17(25)21-18-12(8-19)11-5-4-6-16(11)28-18/h9,14-15,22H,4-7H2,1-3H3,(H,21,25). The van der Waals surface area contributed by atoms with E-state index >= 15 is 0 Å². The van der Waals surface area contributed by atoms with E-state index in [0.29, 0.717) is 10.6 Å². The molecule has 9 nitrogen and oxygen atoms in total. The molecule has 154 valence electrons. The van der Waals surface area contributed by atoms with Gasteiger partial charge in [-0.3, -0.25) is 9.48 Å². The molecule has 0 radical (unpaired) electrons. The van der Waals surface area contributed by atoms with Crippen molar-refractivity contribution in [1.29, 1.82) is 5.26 Å². The molecule has 1 amide bonds. The quantitative estimate of drug-likeness (QED) is 0.756. The van der Waals surface area contributed by atoms with E-state index in [0.717, 1.165) is 45.3 Å². The van der Waals surface area contributed by atoms with E-state index in [2.05, 4.69) is 21.2 Å². The summed E-state index contributed by atoms with van der Waals surface area (Å²) in [6.07, 6.45) is 4.66. The zero-order chi connectivity index (χ0) is 20.9. The summed E-state index contributed by atoms with van der Waals surface area (Å²) in [6.45, 7) is 1.86. The zero-order valence-electron chi connectivity index (χ0n) is 16.4. The highest BCUT2D eigenvalue weighted by molar-refractivity contribution is 7.87. The molecule has 2 aliphatic rings. The molecule has 4 rings (SSSR count). The monoisotopic (exact) mass is 434 g/mol. The van der Waals surface area contributed by atoms with Crippen molar-refractivity contribution in [2.24, 2.45) is 7.05 Å². The maximum Gasteiger partial charge on any atom is 0.280 e. The SMILES string of the molecule is Cc1c(C2CC(C(=O)Nc3sc4c(c3C#N)CCC4)N(C)S(=O)(=O)N2)cnn1C. The van der Waals surface area contributed by atoms with Crippen LogP contribution in [-0.2, 0) is 34.9 Å². The number of thiophene rings is 1. The molecule has 1 aliphatic heterocycles. The normalized spacial score (nSPS) is 23.5. The molecule has 2 unspecified atom stereocenters. The Bertz CT molecular complexity index is 1130. The first-order chi connectivity index (χ1) is 13.7. The molecule has 11 heteroatoms. The van der Waals surface area contributed by atoms with Gasteiger partial charge in [0.05, 0.1) is 17.8 Å². The number of anilines is 1. The lowest BCUT2D eigenvalue weighted by molar-refractivity contribution is -0.120. The summed E-state index contributed by atoms with van der Waals surface area (Å²) in [7, 11) is -0.670. The highest BCUT2D eigenvalue weighted by atomic mass is 32.2. The highest BCUT2D eigenvalue weighted by Crippen LogP contribution is 2.39. The maximum atomic E-state index is 13.1. The lowest BCUT2D eigenvalue weighted by Crippen LogP contribution is -2.56. The van der Waals surface area contributed by atoms with Gasteiger partial charge in [0, 0.05) is 30.2 Å². The summed E-state index contributed by atoms with van der Waals surface area (Å²) >= 11 is 1.42. The van der Waals surface area contributed by atoms with Crippen molar-refractivity contribution in [2.75, 3.05) is 12.4 Å². The third kappa shape index (κ3) is 3.36. The van der Waals surface area contributed by atoms with Gasteiger partial charge in [0.2, 0.25) is 5.91 Å². The molecule has 0 spiro atoms. The Hall–Kier alpha value is -2.26. The Morgan fingerprint density at radius 1 is 1.41 bits per heavy atom. The van der Waals surface area contributed by atoms with Gasteiger partial charge in [-0.1, -0.05) is 0 Å². The molecule has 0 aromatic carbocycles. The fourth-order valence-electron chi connectivity index (χ4n) is 3.98. The molecular formula is C18H22N6O3S2. The van der Waals surface area contributed by atoms with Crippen LogP contribution in [0.5, 0.6) is 0 Å². The summed E-state index contributed by atoms with van der Waals surface area (Å²) in [4.78, 5) is 14.2. The number of fused-ring (bicyclic) bond motifs is 1. The summed E-state index contributed by atoms with van der Waals surface area (Å²) in [5.41, 5.74) is 3.11. The van der Waals surface area contributed by atoms with Crippen molar-refractivity contribution in [3.05, 3.63) is 33.5 Å². The number of hydrogen-bond acceptors (Lipinski definition) is 6. The summed E-state index contributed by atoms with van der Waals surface area (Å²) < 4.78 is 30.6. The third-order valence-corrected chi connectivity index (χ3v) is 8.59. The van der Waals surface area contributed by atoms with Gasteiger partial charge in [-0.15, -0.1) is 11.3 Å². The van der Waals surface area contributed by atoms with Crippen LogP contribution in [0, 0.1) is 18.3 Å². The number of likely N-dealkylation sites (N-methyl/N-ethyl adjacent to an activating group) is 1. The number of nitrogens with zero attached hydrogens (tertiary/aromatic N) is 4. The Balaban J connectivity index is 1.62. The number of amides is 1. The van der Waals surface area contributed by atoms with Crippen LogP contribution in [0.2, 0.25) is 0 Å². The fraction of sp³-hybridized carbons (Fsp3) is 0.500. The molecule has 2 atom stereocenters. The van der Waals surface area contributed by atoms with Crippen LogP contribution >= 0.6 is 11.3 Å². The van der Waals surface area contributed by atoms with E-state index in [-0.39, 0.29) is 6.42 Å². The smallest absolute Gasteiger partial charge is 0.280 e. The molecule has 0 bridgehead atoms. The second kappa shape index (κ2) is 7.21. The highest BCUT2D eigenvalue weighted by Gasteiger charge is 2.42. The summed E-state index contributed by atoms with van der Waals surface area (Å²) in [6, 6.07) is 0.751. The average Bonchev–Trinajstić information content (AvgIpc) is 3.33. The summed E-state index contributed by atoms with van der Waals surface area (Å²) in [5.74, 6) is -0.430. The van der Waals surface area contributed by atoms with Crippen molar-refractivity contribution in [1.82, 2.24) is 18.8 Å². The predicted molar refractivity (Wildman–Crippen MR) is 109 cm³/mol. The van der Waals surface area contributed by atoms with Crippen LogP contribution in [-0.4, -0.2) is 41.5 Å². The first kappa shape index (κ1) is 20.0. The maximum absolute atomic E-state index is 13.1. The summed E-state index contributed by atoms with van der Waals surface area (Å²) in [5, 5.41) is 17.1. The van der Waals surface area contributed by atoms with Crippen molar-refractivity contribution in [3.63, 3.8) is 0 Å². The van der Waals surface area contributed by atoms with Gasteiger partial charge < -0.3 is 5.32 Å². The van der Waals surface area contributed by atoms with Gasteiger partial charge in [0.1, 0.15) is 17.1 Å². The number of nitriles is 1. The molecule has 2 aromatic rings. The Morgan fingerprint density at radius 3 is 2.83 bits per heavy atom. The van der Waals surface area contributed by atoms with E-state index < -0.39 is 28.2 Å². The van der Waals surface area contributed by atoms with Crippen LogP contribution in [0.1, 0.15) is 46.1 Å². The van der Waals surface area contributed by atoms with Crippen molar-refractivity contribution < 1.29 is 13.2 Å². The largest absolute Gasteiger partial charge is 0.315 e. The van der Waals surface area contributed by atoms with E-state index in [1.807, 2.05) is 6.92 Å². The zero-order valence-corrected chi connectivity index (χ0v) is 18.0. The molecule has 1 fully saturated rings. The Morgan fingerprint density at radius 2 is 2.17 bits per heavy atom. The van der Waals surface area contributed by atoms with Gasteiger partial charge in [0.25, 0.3) is 10.2 Å². The number of aromatic nitrogens is 2. The topological polar surface area (TPSA) is 120 Å². The Kier molecular flexibility index (Phi) is 4.98. The van der Waals surface area contributed by atoms with Crippen LogP contribution in [0.25, 0.3) is 0 Å². The molecular weight excluding hydrogens is 412 g/mol. The number of rotatable bonds is 3. The molecule has 3 heterocycles. The fourth-order valence-corrected chi connectivity index (χ4v) is 6.48. The van der Waals surface area contributed by atoms with Gasteiger partial charge in [-0.25, -0.2) is 0 Å². The van der Waals surface area contributed by atoms with Crippen LogP contribution in [0.3, 0.4) is 0 Å². The minimum absolute atomic E-state index is 0.265. The Labute approximate surface area is 173 Å². The van der Waals surface area contributed by atoms with Crippen molar-refractivity contribution in [2.45, 2.75) is 44.7 Å². The van der Waals surface area contributed by atoms with Gasteiger partial charge in [-0.05, 0) is 38.2 Å². The lowest BCUT2D eigenvalue weighted by atomic mass is 10.00. The average molecular weight is 435 g/mol. The van der Waals surface area contributed by atoms with Crippen LogP contribution in [0.15, 0.2) is 6.20 Å². The van der Waals surface area contributed by atoms with Gasteiger partial charge in [-0.2, -0.15) is 27.8 Å². The van der Waals surface area contributed by atoms with E-state index in [1.54, 1.807) is 17.9 Å². The number of carbonyl (C=O) groups is 1. The first-order valence-electron chi connectivity index (χ1n) is 9.32. The van der Waals surface area contributed by atoms with E-state index in [9.17, 15) is 18.5 Å². The number of aryl methyl sites for hydroxylation is 2. The number of nitrogens with one attached hydrogen (secondary N) is 2. The minimum Gasteiger partial charge on any atom is -0.315 e.